The molecule has 0 spiro atoms. The molecule has 0 aromatic rings. The lowest BCUT2D eigenvalue weighted by molar-refractivity contribution is -0.180. The Morgan fingerprint density at radius 3 is 2.56 bits per heavy atom. The Morgan fingerprint density at radius 1 is 1.19 bits per heavy atom. The maximum atomic E-state index is 10.6. The Balaban J connectivity index is 1.84. The fourth-order valence-electron chi connectivity index (χ4n) is 6.90. The molecule has 154 valence electrons. The Hall–Kier alpha value is -0.460. The Morgan fingerprint density at radius 2 is 1.93 bits per heavy atom. The molecule has 0 aromatic heterocycles. The highest BCUT2D eigenvalue weighted by molar-refractivity contribution is 5.36. The van der Waals surface area contributed by atoms with E-state index in [4.69, 9.17) is 14.2 Å². The van der Waals surface area contributed by atoms with Gasteiger partial charge in [-0.15, -0.1) is 0 Å². The summed E-state index contributed by atoms with van der Waals surface area (Å²) >= 11 is 0. The van der Waals surface area contributed by atoms with Crippen molar-refractivity contribution in [2.75, 3.05) is 20.8 Å². The molecule has 9 atom stereocenters. The SMILES string of the molecule is COC1CC2C3=C(C(C)CO)CCC3(C)CCC2(C)C2OC(O)C1C2OC. The summed E-state index contributed by atoms with van der Waals surface area (Å²) in [5.74, 6) is 0.391. The number of aliphatic hydroxyl groups excluding tert-OH is 2. The molecule has 9 unspecified atom stereocenters. The Kier molecular flexibility index (Phi) is 5.00. The van der Waals surface area contributed by atoms with Crippen molar-refractivity contribution in [2.24, 2.45) is 28.6 Å². The quantitative estimate of drug-likeness (QED) is 0.734. The van der Waals surface area contributed by atoms with Gasteiger partial charge < -0.3 is 24.4 Å². The van der Waals surface area contributed by atoms with Crippen molar-refractivity contribution >= 4 is 0 Å². The van der Waals surface area contributed by atoms with Crippen molar-refractivity contribution in [3.63, 3.8) is 0 Å². The van der Waals surface area contributed by atoms with Crippen LogP contribution in [0, 0.1) is 28.6 Å². The number of allylic oxidation sites excluding steroid dienone is 1. The average Bonchev–Trinajstić information content (AvgIpc) is 3.15. The van der Waals surface area contributed by atoms with Crippen molar-refractivity contribution in [3.05, 3.63) is 11.1 Å². The number of hydrogen-bond acceptors (Lipinski definition) is 5. The molecule has 2 saturated carbocycles. The van der Waals surface area contributed by atoms with E-state index in [0.29, 0.717) is 5.92 Å². The zero-order chi connectivity index (χ0) is 19.6. The average molecular weight is 381 g/mol. The first kappa shape index (κ1) is 19.8. The molecule has 3 aliphatic carbocycles. The van der Waals surface area contributed by atoms with Crippen molar-refractivity contribution in [1.29, 1.82) is 0 Å². The van der Waals surface area contributed by atoms with E-state index in [1.165, 1.54) is 12.0 Å². The van der Waals surface area contributed by atoms with Gasteiger partial charge in [0.1, 0.15) is 0 Å². The van der Waals surface area contributed by atoms with Crippen LogP contribution < -0.4 is 0 Å². The number of ether oxygens (including phenoxy) is 3. The van der Waals surface area contributed by atoms with E-state index in [1.807, 2.05) is 0 Å². The highest BCUT2D eigenvalue weighted by Crippen LogP contribution is 2.65. The zero-order valence-electron chi connectivity index (χ0n) is 17.4. The summed E-state index contributed by atoms with van der Waals surface area (Å²) in [5, 5.41) is 20.5. The van der Waals surface area contributed by atoms with Crippen molar-refractivity contribution in [2.45, 2.75) is 77.5 Å². The molecule has 0 amide bonds. The van der Waals surface area contributed by atoms with Gasteiger partial charge in [-0.1, -0.05) is 31.9 Å². The van der Waals surface area contributed by atoms with Crippen LogP contribution in [0.15, 0.2) is 11.1 Å². The lowest BCUT2D eigenvalue weighted by Crippen LogP contribution is -2.50. The summed E-state index contributed by atoms with van der Waals surface area (Å²) in [4.78, 5) is 0. The predicted molar refractivity (Wildman–Crippen MR) is 102 cm³/mol. The number of fused-ring (bicyclic) bond motifs is 6. The van der Waals surface area contributed by atoms with E-state index in [0.717, 1.165) is 25.7 Å². The fraction of sp³-hybridized carbons (Fsp3) is 0.909. The van der Waals surface area contributed by atoms with Crippen LogP contribution in [0.3, 0.4) is 0 Å². The third-order valence-corrected chi connectivity index (χ3v) is 8.59. The highest BCUT2D eigenvalue weighted by Gasteiger charge is 2.64. The molecule has 4 rings (SSSR count). The second-order valence-corrected chi connectivity index (χ2v) is 9.88. The monoisotopic (exact) mass is 380 g/mol. The minimum absolute atomic E-state index is 0.0940. The van der Waals surface area contributed by atoms with Crippen LogP contribution in [0.1, 0.15) is 52.9 Å². The van der Waals surface area contributed by atoms with Crippen LogP contribution in [0.25, 0.3) is 0 Å². The predicted octanol–water partition coefficient (Wildman–Crippen LogP) is 2.89. The number of rotatable bonds is 4. The zero-order valence-corrected chi connectivity index (χ0v) is 17.4. The van der Waals surface area contributed by atoms with E-state index < -0.39 is 6.29 Å². The van der Waals surface area contributed by atoms with Crippen LogP contribution in [0.2, 0.25) is 0 Å². The second-order valence-electron chi connectivity index (χ2n) is 9.88. The van der Waals surface area contributed by atoms with E-state index >= 15 is 0 Å². The summed E-state index contributed by atoms with van der Waals surface area (Å²) < 4.78 is 18.0. The van der Waals surface area contributed by atoms with Gasteiger partial charge in [-0.05, 0) is 43.4 Å². The topological polar surface area (TPSA) is 68.2 Å². The molecule has 27 heavy (non-hydrogen) atoms. The molecule has 2 N–H and O–H groups in total. The molecule has 0 radical (unpaired) electrons. The summed E-state index contributed by atoms with van der Waals surface area (Å²) in [6.07, 6.45) is 4.15. The van der Waals surface area contributed by atoms with Crippen LogP contribution in [0.4, 0.5) is 0 Å². The van der Waals surface area contributed by atoms with Crippen molar-refractivity contribution in [3.8, 4) is 0 Å². The molecule has 1 saturated heterocycles. The van der Waals surface area contributed by atoms with E-state index in [9.17, 15) is 10.2 Å². The summed E-state index contributed by atoms with van der Waals surface area (Å²) in [5.41, 5.74) is 3.13. The van der Waals surface area contributed by atoms with Crippen molar-refractivity contribution in [1.82, 2.24) is 0 Å². The molecule has 3 fully saturated rings. The molecule has 5 heteroatoms. The summed E-state index contributed by atoms with van der Waals surface area (Å²) in [6, 6.07) is 0. The van der Waals surface area contributed by atoms with Crippen LogP contribution >= 0.6 is 0 Å². The van der Waals surface area contributed by atoms with Crippen LogP contribution in [-0.2, 0) is 14.2 Å². The van der Waals surface area contributed by atoms with E-state index in [2.05, 4.69) is 20.8 Å². The summed E-state index contributed by atoms with van der Waals surface area (Å²) in [7, 11) is 3.46. The molecule has 0 aromatic carbocycles. The minimum atomic E-state index is -0.829. The molecular formula is C22H36O5. The van der Waals surface area contributed by atoms with Crippen molar-refractivity contribution < 1.29 is 24.4 Å². The third-order valence-electron chi connectivity index (χ3n) is 8.59. The van der Waals surface area contributed by atoms with Gasteiger partial charge in [0.15, 0.2) is 6.29 Å². The van der Waals surface area contributed by atoms with Crippen LogP contribution in [0.5, 0.6) is 0 Å². The van der Waals surface area contributed by atoms with E-state index in [1.54, 1.807) is 19.8 Å². The maximum absolute atomic E-state index is 10.6. The lowest BCUT2D eigenvalue weighted by atomic mass is 9.54. The van der Waals surface area contributed by atoms with Gasteiger partial charge in [-0.25, -0.2) is 0 Å². The third kappa shape index (κ3) is 2.69. The van der Waals surface area contributed by atoms with E-state index in [-0.39, 0.29) is 47.6 Å². The Bertz CT molecular complexity index is 618. The molecular weight excluding hydrogens is 344 g/mol. The van der Waals surface area contributed by atoms with Gasteiger partial charge in [0.2, 0.25) is 0 Å². The fourth-order valence-corrected chi connectivity index (χ4v) is 6.90. The van der Waals surface area contributed by atoms with Gasteiger partial charge in [0.25, 0.3) is 0 Å². The molecule has 1 aliphatic heterocycles. The number of hydrogen-bond donors (Lipinski definition) is 2. The largest absolute Gasteiger partial charge is 0.396 e. The molecule has 2 bridgehead atoms. The second kappa shape index (κ2) is 6.81. The van der Waals surface area contributed by atoms with Gasteiger partial charge in [-0.3, -0.25) is 0 Å². The molecule has 1 heterocycles. The van der Waals surface area contributed by atoms with Gasteiger partial charge >= 0.3 is 0 Å². The lowest BCUT2D eigenvalue weighted by Gasteiger charge is -2.53. The smallest absolute Gasteiger partial charge is 0.162 e. The van der Waals surface area contributed by atoms with Crippen LogP contribution in [-0.4, -0.2) is 55.6 Å². The van der Waals surface area contributed by atoms with Gasteiger partial charge in [0.05, 0.1) is 24.2 Å². The number of methoxy groups -OCH3 is 2. The normalized spacial score (nSPS) is 50.3. The first-order valence-electron chi connectivity index (χ1n) is 10.5. The maximum Gasteiger partial charge on any atom is 0.162 e. The minimum Gasteiger partial charge on any atom is -0.396 e. The highest BCUT2D eigenvalue weighted by atomic mass is 16.6. The van der Waals surface area contributed by atoms with Gasteiger partial charge in [-0.2, -0.15) is 0 Å². The first-order valence-corrected chi connectivity index (χ1v) is 10.5. The standard InChI is InChI=1S/C22H36O5/c1-12(11-23)13-6-7-21(2)8-9-22(3)14(17(13)21)10-15(25-4)16-18(26-5)19(22)27-20(16)24/h12,14-16,18-20,23-24H,6-11H2,1-5H3. The summed E-state index contributed by atoms with van der Waals surface area (Å²) in [6.45, 7) is 7.09. The first-order chi connectivity index (χ1) is 12.8. The number of aliphatic hydroxyl groups is 2. The molecule has 4 aliphatic rings. The molecule has 5 nitrogen and oxygen atoms in total. The Labute approximate surface area is 163 Å². The van der Waals surface area contributed by atoms with Gasteiger partial charge in [0, 0.05) is 32.2 Å².